The maximum atomic E-state index is 13.2. The Morgan fingerprint density at radius 3 is 2.55 bits per heavy atom. The van der Waals surface area contributed by atoms with Gasteiger partial charge in [0.15, 0.2) is 17.1 Å². The highest BCUT2D eigenvalue weighted by atomic mass is 16.5. The number of ether oxygens (including phenoxy) is 2. The van der Waals surface area contributed by atoms with E-state index in [9.17, 15) is 9.90 Å². The van der Waals surface area contributed by atoms with Gasteiger partial charge in [-0.05, 0) is 38.1 Å². The van der Waals surface area contributed by atoms with Gasteiger partial charge in [0.2, 0.25) is 11.2 Å². The largest absolute Gasteiger partial charge is 0.507 e. The number of phenols is 1. The van der Waals surface area contributed by atoms with E-state index in [4.69, 9.17) is 13.9 Å². The summed E-state index contributed by atoms with van der Waals surface area (Å²) >= 11 is 0. The first-order chi connectivity index (χ1) is 14.1. The number of benzene rings is 2. The summed E-state index contributed by atoms with van der Waals surface area (Å²) in [7, 11) is 0. The molecule has 4 rings (SSSR count). The molecule has 0 aliphatic carbocycles. The van der Waals surface area contributed by atoms with Crippen LogP contribution in [0.25, 0.3) is 11.0 Å². The van der Waals surface area contributed by atoms with Crippen molar-refractivity contribution in [2.75, 3.05) is 19.7 Å². The van der Waals surface area contributed by atoms with E-state index in [0.717, 1.165) is 13.1 Å². The van der Waals surface area contributed by atoms with E-state index < -0.39 is 0 Å². The topological polar surface area (TPSA) is 73.3 Å². The minimum Gasteiger partial charge on any atom is -0.507 e. The van der Waals surface area contributed by atoms with Crippen molar-refractivity contribution in [3.63, 3.8) is 0 Å². The highest BCUT2D eigenvalue weighted by Crippen LogP contribution is 2.34. The zero-order chi connectivity index (χ0) is 20.4. The smallest absolute Gasteiger partial charge is 0.235 e. The van der Waals surface area contributed by atoms with Crippen LogP contribution in [0.15, 0.2) is 45.6 Å². The molecule has 6 heteroatoms. The van der Waals surface area contributed by atoms with Gasteiger partial charge in [-0.3, -0.25) is 4.79 Å². The SMILES string of the molecule is CCOc1ccccc1Oc1c(C)oc2c(C[NH+]3CCCC3)c(O)ccc2c1=O. The Bertz CT molecular complexity index is 1080. The minimum atomic E-state index is -0.257. The predicted octanol–water partition coefficient (Wildman–Crippen LogP) is 3.18. The molecule has 0 radical (unpaired) electrons. The number of para-hydroxylation sites is 2. The molecule has 0 amide bonds. The van der Waals surface area contributed by atoms with E-state index in [1.165, 1.54) is 17.7 Å². The third-order valence-corrected chi connectivity index (χ3v) is 5.36. The Hall–Kier alpha value is -2.99. The number of nitrogens with one attached hydrogen (secondary N) is 1. The molecular weight excluding hydrogens is 370 g/mol. The Labute approximate surface area is 169 Å². The molecule has 3 aromatic rings. The lowest BCUT2D eigenvalue weighted by Crippen LogP contribution is -3.08. The molecule has 1 aromatic heterocycles. The standard InChI is InChI=1S/C23H25NO5/c1-3-27-19-8-4-5-9-20(19)29-22-15(2)28-23-16(21(22)26)10-11-18(25)17(23)14-24-12-6-7-13-24/h4-5,8-11,25H,3,6-7,12-14H2,1-2H3/p+1. The monoisotopic (exact) mass is 396 g/mol. The quantitative estimate of drug-likeness (QED) is 0.670. The lowest BCUT2D eigenvalue weighted by Gasteiger charge is -2.16. The third kappa shape index (κ3) is 3.80. The van der Waals surface area contributed by atoms with Gasteiger partial charge in [-0.15, -0.1) is 0 Å². The molecule has 0 saturated carbocycles. The molecule has 1 aliphatic heterocycles. The first kappa shape index (κ1) is 19.3. The first-order valence-corrected chi connectivity index (χ1v) is 10.1. The predicted molar refractivity (Wildman–Crippen MR) is 110 cm³/mol. The van der Waals surface area contributed by atoms with Gasteiger partial charge < -0.3 is 23.9 Å². The zero-order valence-corrected chi connectivity index (χ0v) is 16.8. The molecule has 152 valence electrons. The third-order valence-electron chi connectivity index (χ3n) is 5.36. The summed E-state index contributed by atoms with van der Waals surface area (Å²) in [6.45, 7) is 6.85. The Morgan fingerprint density at radius 2 is 1.83 bits per heavy atom. The summed E-state index contributed by atoms with van der Waals surface area (Å²) in [5, 5.41) is 10.8. The number of hydrogen-bond acceptors (Lipinski definition) is 5. The minimum absolute atomic E-state index is 0.134. The summed E-state index contributed by atoms with van der Waals surface area (Å²) < 4.78 is 17.6. The van der Waals surface area contributed by atoms with Crippen LogP contribution >= 0.6 is 0 Å². The lowest BCUT2D eigenvalue weighted by molar-refractivity contribution is -0.901. The van der Waals surface area contributed by atoms with Crippen molar-refractivity contribution in [2.24, 2.45) is 0 Å². The maximum absolute atomic E-state index is 13.2. The van der Waals surface area contributed by atoms with Crippen LogP contribution in [0, 0.1) is 6.92 Å². The van der Waals surface area contributed by atoms with Crippen LogP contribution in [0.3, 0.4) is 0 Å². The maximum Gasteiger partial charge on any atom is 0.235 e. The van der Waals surface area contributed by atoms with Crippen molar-refractivity contribution in [3.8, 4) is 23.0 Å². The number of aromatic hydroxyl groups is 1. The van der Waals surface area contributed by atoms with Crippen LogP contribution in [0.5, 0.6) is 23.0 Å². The fourth-order valence-electron chi connectivity index (χ4n) is 3.90. The van der Waals surface area contributed by atoms with E-state index in [1.807, 2.05) is 19.1 Å². The van der Waals surface area contributed by atoms with Crippen molar-refractivity contribution < 1.29 is 23.9 Å². The molecule has 1 saturated heterocycles. The molecule has 0 atom stereocenters. The molecule has 0 spiro atoms. The summed E-state index contributed by atoms with van der Waals surface area (Å²) in [6, 6.07) is 10.4. The van der Waals surface area contributed by atoms with Crippen LogP contribution in [-0.4, -0.2) is 24.8 Å². The van der Waals surface area contributed by atoms with Crippen LogP contribution in [0.4, 0.5) is 0 Å². The van der Waals surface area contributed by atoms with Crippen molar-refractivity contribution in [3.05, 3.63) is 57.9 Å². The first-order valence-electron chi connectivity index (χ1n) is 10.1. The van der Waals surface area contributed by atoms with Crippen LogP contribution in [0.2, 0.25) is 0 Å². The second kappa shape index (κ2) is 8.17. The number of aryl methyl sites for hydroxylation is 1. The molecule has 2 N–H and O–H groups in total. The molecule has 2 heterocycles. The average molecular weight is 396 g/mol. The molecule has 0 unspecified atom stereocenters. The summed E-state index contributed by atoms with van der Waals surface area (Å²) in [5.74, 6) is 1.70. The number of phenolic OH excluding ortho intramolecular Hbond substituents is 1. The highest BCUT2D eigenvalue weighted by Gasteiger charge is 2.23. The van der Waals surface area contributed by atoms with Gasteiger partial charge >= 0.3 is 0 Å². The van der Waals surface area contributed by atoms with Crippen LogP contribution < -0.4 is 19.8 Å². The van der Waals surface area contributed by atoms with Crippen molar-refractivity contribution >= 4 is 11.0 Å². The van der Waals surface area contributed by atoms with Crippen molar-refractivity contribution in [1.29, 1.82) is 0 Å². The number of rotatable bonds is 6. The van der Waals surface area contributed by atoms with Gasteiger partial charge in [0.05, 0.1) is 30.6 Å². The van der Waals surface area contributed by atoms with E-state index in [0.29, 0.717) is 46.9 Å². The van der Waals surface area contributed by atoms with E-state index >= 15 is 0 Å². The van der Waals surface area contributed by atoms with Crippen molar-refractivity contribution in [2.45, 2.75) is 33.2 Å². The number of hydrogen-bond donors (Lipinski definition) is 2. The van der Waals surface area contributed by atoms with Gasteiger partial charge in [0, 0.05) is 12.8 Å². The molecule has 0 bridgehead atoms. The van der Waals surface area contributed by atoms with Gasteiger partial charge in [-0.2, -0.15) is 0 Å². The normalized spacial score (nSPS) is 14.4. The van der Waals surface area contributed by atoms with Crippen LogP contribution in [-0.2, 0) is 6.54 Å². The summed E-state index contributed by atoms with van der Waals surface area (Å²) in [4.78, 5) is 14.6. The number of quaternary nitrogens is 1. The Morgan fingerprint density at radius 1 is 1.10 bits per heavy atom. The fourth-order valence-corrected chi connectivity index (χ4v) is 3.90. The zero-order valence-electron chi connectivity index (χ0n) is 16.8. The molecule has 1 fully saturated rings. The van der Waals surface area contributed by atoms with E-state index in [-0.39, 0.29) is 16.9 Å². The van der Waals surface area contributed by atoms with Crippen LogP contribution in [0.1, 0.15) is 31.1 Å². The van der Waals surface area contributed by atoms with Gasteiger partial charge in [-0.1, -0.05) is 12.1 Å². The molecule has 29 heavy (non-hydrogen) atoms. The second-order valence-electron chi connectivity index (χ2n) is 7.37. The van der Waals surface area contributed by atoms with E-state index in [1.54, 1.807) is 31.2 Å². The van der Waals surface area contributed by atoms with Gasteiger partial charge in [0.25, 0.3) is 0 Å². The molecule has 1 aliphatic rings. The Balaban J connectivity index is 1.78. The van der Waals surface area contributed by atoms with Crippen molar-refractivity contribution in [1.82, 2.24) is 0 Å². The summed E-state index contributed by atoms with van der Waals surface area (Å²) in [5.41, 5.74) is 0.867. The van der Waals surface area contributed by atoms with Gasteiger partial charge in [-0.25, -0.2) is 0 Å². The van der Waals surface area contributed by atoms with Gasteiger partial charge in [0.1, 0.15) is 18.1 Å². The number of fused-ring (bicyclic) bond motifs is 1. The highest BCUT2D eigenvalue weighted by molar-refractivity contribution is 5.83. The molecule has 6 nitrogen and oxygen atoms in total. The average Bonchev–Trinajstić information content (AvgIpc) is 3.22. The Kier molecular flexibility index (Phi) is 5.45. The lowest BCUT2D eigenvalue weighted by atomic mass is 10.1. The molecular formula is C23H26NO5+. The number of likely N-dealkylation sites (tertiary alicyclic amines) is 1. The second-order valence-corrected chi connectivity index (χ2v) is 7.37. The fraction of sp³-hybridized carbons (Fsp3) is 0.348. The van der Waals surface area contributed by atoms with E-state index in [2.05, 4.69) is 0 Å². The summed E-state index contributed by atoms with van der Waals surface area (Å²) in [6.07, 6.45) is 2.36. The molecule has 2 aromatic carbocycles.